The van der Waals surface area contributed by atoms with Crippen molar-refractivity contribution >= 4 is 5.91 Å². The van der Waals surface area contributed by atoms with Crippen LogP contribution in [-0.2, 0) is 6.54 Å². The SMILES string of the molecule is Cc1ccc(C(=O)N[C@@H](Cn2ccnc2)C(C)(C)C)n1C(F)F. The number of halogens is 2. The summed E-state index contributed by atoms with van der Waals surface area (Å²) in [5.41, 5.74) is 0.0847. The monoisotopic (exact) mass is 324 g/mol. The van der Waals surface area contributed by atoms with Gasteiger partial charge < -0.3 is 9.88 Å². The van der Waals surface area contributed by atoms with E-state index in [2.05, 4.69) is 10.3 Å². The molecule has 0 saturated heterocycles. The van der Waals surface area contributed by atoms with Gasteiger partial charge in [0, 0.05) is 24.6 Å². The highest BCUT2D eigenvalue weighted by atomic mass is 19.3. The topological polar surface area (TPSA) is 51.9 Å². The van der Waals surface area contributed by atoms with Crippen LogP contribution in [0.25, 0.3) is 0 Å². The first-order chi connectivity index (χ1) is 10.7. The van der Waals surface area contributed by atoms with Crippen molar-refractivity contribution < 1.29 is 13.6 Å². The Balaban J connectivity index is 2.21. The van der Waals surface area contributed by atoms with Gasteiger partial charge in [-0.05, 0) is 24.5 Å². The number of hydrogen-bond acceptors (Lipinski definition) is 2. The lowest BCUT2D eigenvalue weighted by Crippen LogP contribution is -2.46. The fourth-order valence-corrected chi connectivity index (χ4v) is 2.37. The van der Waals surface area contributed by atoms with Crippen LogP contribution >= 0.6 is 0 Å². The van der Waals surface area contributed by atoms with Crippen LogP contribution in [-0.4, -0.2) is 26.1 Å². The quantitative estimate of drug-likeness (QED) is 0.918. The fourth-order valence-electron chi connectivity index (χ4n) is 2.37. The molecule has 126 valence electrons. The van der Waals surface area contributed by atoms with E-state index in [4.69, 9.17) is 0 Å². The van der Waals surface area contributed by atoms with Crippen LogP contribution in [0.5, 0.6) is 0 Å². The zero-order chi connectivity index (χ0) is 17.2. The number of rotatable bonds is 5. The van der Waals surface area contributed by atoms with E-state index in [0.717, 1.165) is 4.57 Å². The molecule has 0 fully saturated rings. The van der Waals surface area contributed by atoms with E-state index < -0.39 is 12.5 Å². The summed E-state index contributed by atoms with van der Waals surface area (Å²) < 4.78 is 28.9. The second-order valence-electron chi connectivity index (χ2n) is 6.66. The molecule has 0 saturated carbocycles. The highest BCUT2D eigenvalue weighted by Crippen LogP contribution is 2.23. The maximum Gasteiger partial charge on any atom is 0.319 e. The molecule has 0 bridgehead atoms. The van der Waals surface area contributed by atoms with E-state index >= 15 is 0 Å². The molecule has 2 heterocycles. The van der Waals surface area contributed by atoms with Crippen molar-refractivity contribution in [3.63, 3.8) is 0 Å². The van der Waals surface area contributed by atoms with Gasteiger partial charge in [-0.15, -0.1) is 0 Å². The van der Waals surface area contributed by atoms with Crippen molar-refractivity contribution in [3.8, 4) is 0 Å². The summed E-state index contributed by atoms with van der Waals surface area (Å²) in [5, 5.41) is 2.88. The Hall–Kier alpha value is -2.18. The average Bonchev–Trinajstić information content (AvgIpc) is 3.05. The zero-order valence-electron chi connectivity index (χ0n) is 13.8. The van der Waals surface area contributed by atoms with Gasteiger partial charge in [0.2, 0.25) is 0 Å². The Morgan fingerprint density at radius 2 is 2.04 bits per heavy atom. The highest BCUT2D eigenvalue weighted by Gasteiger charge is 2.28. The predicted octanol–water partition coefficient (Wildman–Crippen LogP) is 3.23. The van der Waals surface area contributed by atoms with Gasteiger partial charge in [0.25, 0.3) is 5.91 Å². The maximum absolute atomic E-state index is 13.1. The second-order valence-corrected chi connectivity index (χ2v) is 6.66. The molecule has 0 aliphatic rings. The Kier molecular flexibility index (Phi) is 4.87. The summed E-state index contributed by atoms with van der Waals surface area (Å²) in [5.74, 6) is -0.501. The van der Waals surface area contributed by atoms with Crippen molar-refractivity contribution in [1.29, 1.82) is 0 Å². The van der Waals surface area contributed by atoms with Crippen LogP contribution in [0.4, 0.5) is 8.78 Å². The molecule has 2 aromatic rings. The van der Waals surface area contributed by atoms with Crippen LogP contribution < -0.4 is 5.32 Å². The zero-order valence-corrected chi connectivity index (χ0v) is 13.8. The van der Waals surface area contributed by atoms with Crippen molar-refractivity contribution in [3.05, 3.63) is 42.2 Å². The Morgan fingerprint density at radius 1 is 1.35 bits per heavy atom. The van der Waals surface area contributed by atoms with Gasteiger partial charge in [-0.25, -0.2) is 4.98 Å². The minimum atomic E-state index is -2.74. The Bertz CT molecular complexity index is 656. The van der Waals surface area contributed by atoms with Crippen LogP contribution in [0.2, 0.25) is 0 Å². The minimum absolute atomic E-state index is 0.0302. The number of nitrogens with one attached hydrogen (secondary N) is 1. The summed E-state index contributed by atoms with van der Waals surface area (Å²) >= 11 is 0. The molecule has 0 aromatic carbocycles. The minimum Gasteiger partial charge on any atom is -0.346 e. The van der Waals surface area contributed by atoms with Gasteiger partial charge in [0.15, 0.2) is 0 Å². The molecule has 0 spiro atoms. The number of carbonyl (C=O) groups is 1. The largest absolute Gasteiger partial charge is 0.346 e. The lowest BCUT2D eigenvalue weighted by atomic mass is 9.86. The summed E-state index contributed by atoms with van der Waals surface area (Å²) in [6, 6.07) is 2.71. The Morgan fingerprint density at radius 3 is 2.57 bits per heavy atom. The molecule has 0 aliphatic heterocycles. The van der Waals surface area contributed by atoms with E-state index in [1.807, 2.05) is 25.3 Å². The first kappa shape index (κ1) is 17.2. The standard InChI is InChI=1S/C16H22F2N4O/c1-11-5-6-12(22(11)15(17)18)14(23)20-13(16(2,3)4)9-21-8-7-19-10-21/h5-8,10,13,15H,9H2,1-4H3,(H,20,23)/t13-/m0/s1. The third-order valence-electron chi connectivity index (χ3n) is 3.85. The molecule has 0 aliphatic carbocycles. The Labute approximate surface area is 134 Å². The van der Waals surface area contributed by atoms with Crippen molar-refractivity contribution in [2.75, 3.05) is 0 Å². The summed E-state index contributed by atoms with van der Waals surface area (Å²) in [6.45, 7) is 5.30. The summed E-state index contributed by atoms with van der Waals surface area (Å²) in [4.78, 5) is 16.5. The van der Waals surface area contributed by atoms with Crippen molar-refractivity contribution in [2.24, 2.45) is 5.41 Å². The van der Waals surface area contributed by atoms with Gasteiger partial charge in [0.05, 0.1) is 12.4 Å². The third-order valence-corrected chi connectivity index (χ3v) is 3.85. The fraction of sp³-hybridized carbons (Fsp3) is 0.500. The van der Waals surface area contributed by atoms with E-state index in [0.29, 0.717) is 12.2 Å². The smallest absolute Gasteiger partial charge is 0.319 e. The molecule has 1 atom stereocenters. The lowest BCUT2D eigenvalue weighted by Gasteiger charge is -2.32. The van der Waals surface area contributed by atoms with Gasteiger partial charge in [-0.3, -0.25) is 9.36 Å². The van der Waals surface area contributed by atoms with Crippen LogP contribution in [0.3, 0.4) is 0 Å². The number of aryl methyl sites for hydroxylation is 1. The van der Waals surface area contributed by atoms with E-state index in [-0.39, 0.29) is 17.2 Å². The molecule has 2 rings (SSSR count). The number of imidazole rings is 1. The third kappa shape index (κ3) is 3.97. The van der Waals surface area contributed by atoms with Crippen molar-refractivity contribution in [1.82, 2.24) is 19.4 Å². The molecule has 0 radical (unpaired) electrons. The van der Waals surface area contributed by atoms with Gasteiger partial charge in [-0.2, -0.15) is 8.78 Å². The number of nitrogens with zero attached hydrogens (tertiary/aromatic N) is 3. The second kappa shape index (κ2) is 6.52. The molecule has 0 unspecified atom stereocenters. The van der Waals surface area contributed by atoms with E-state index in [1.165, 1.54) is 12.1 Å². The highest BCUT2D eigenvalue weighted by molar-refractivity contribution is 5.93. The molecular weight excluding hydrogens is 302 g/mol. The van der Waals surface area contributed by atoms with Gasteiger partial charge in [0.1, 0.15) is 5.69 Å². The summed E-state index contributed by atoms with van der Waals surface area (Å²) in [7, 11) is 0. The number of alkyl halides is 2. The molecule has 7 heteroatoms. The normalized spacial score (nSPS) is 13.3. The number of amides is 1. The molecule has 2 aromatic heterocycles. The molecule has 5 nitrogen and oxygen atoms in total. The molecule has 23 heavy (non-hydrogen) atoms. The van der Waals surface area contributed by atoms with Crippen LogP contribution in [0.1, 0.15) is 43.5 Å². The van der Waals surface area contributed by atoms with Gasteiger partial charge >= 0.3 is 6.55 Å². The first-order valence-electron chi connectivity index (χ1n) is 7.42. The number of aromatic nitrogens is 3. The number of carbonyl (C=O) groups excluding carboxylic acids is 1. The van der Waals surface area contributed by atoms with Crippen LogP contribution in [0.15, 0.2) is 30.9 Å². The van der Waals surface area contributed by atoms with Crippen LogP contribution in [0, 0.1) is 12.3 Å². The van der Waals surface area contributed by atoms with E-state index in [9.17, 15) is 13.6 Å². The molecule has 1 amide bonds. The first-order valence-corrected chi connectivity index (χ1v) is 7.42. The average molecular weight is 324 g/mol. The number of hydrogen-bond donors (Lipinski definition) is 1. The van der Waals surface area contributed by atoms with E-state index in [1.54, 1.807) is 25.6 Å². The van der Waals surface area contributed by atoms with Gasteiger partial charge in [-0.1, -0.05) is 20.8 Å². The summed E-state index contributed by atoms with van der Waals surface area (Å²) in [6.07, 6.45) is 5.13. The predicted molar refractivity (Wildman–Crippen MR) is 83.4 cm³/mol. The molecule has 1 N–H and O–H groups in total. The lowest BCUT2D eigenvalue weighted by molar-refractivity contribution is 0.0604. The van der Waals surface area contributed by atoms with Crippen molar-refractivity contribution in [2.45, 2.75) is 46.8 Å². The molecular formula is C16H22F2N4O. The maximum atomic E-state index is 13.1.